The zero-order valence-corrected chi connectivity index (χ0v) is 19.2. The Hall–Kier alpha value is -2.78. The van der Waals surface area contributed by atoms with Gasteiger partial charge in [0.1, 0.15) is 18.0 Å². The van der Waals surface area contributed by atoms with E-state index in [0.717, 1.165) is 34.7 Å². The molecule has 0 fully saturated rings. The van der Waals surface area contributed by atoms with Crippen LogP contribution in [0.3, 0.4) is 0 Å². The number of hydrogen-bond acceptors (Lipinski definition) is 6. The zero-order valence-electron chi connectivity index (χ0n) is 17.7. The minimum Gasteiger partial charge on any atom is -0.495 e. The van der Waals surface area contributed by atoms with Crippen LogP contribution in [0.15, 0.2) is 47.6 Å². The first-order chi connectivity index (χ1) is 14.7. The van der Waals surface area contributed by atoms with Crippen molar-refractivity contribution in [1.82, 2.24) is 5.43 Å². The fourth-order valence-electron chi connectivity index (χ4n) is 2.57. The van der Waals surface area contributed by atoms with Crippen molar-refractivity contribution in [1.29, 1.82) is 0 Å². The number of hydrazone groups is 1. The second-order valence-electron chi connectivity index (χ2n) is 6.65. The molecule has 0 aliphatic heterocycles. The number of carbonyl (C=O) groups excluding carboxylic acids is 1. The standard InChI is InChI=1S/C21H26ClN3O5S/c1-4-5-12-30-18-9-6-16(7-10-18)14-23-24-21(26)15-25(31(3,27)28)19-13-17(22)8-11-20(19)29-2/h6-11,13-14H,4-5,12,15H2,1-3H3,(H,24,26)/b23-14-. The van der Waals surface area contributed by atoms with Crippen LogP contribution in [0.5, 0.6) is 11.5 Å². The number of hydrogen-bond donors (Lipinski definition) is 1. The number of unbranched alkanes of at least 4 members (excludes halogenated alkanes) is 1. The van der Waals surface area contributed by atoms with Crippen molar-refractivity contribution < 1.29 is 22.7 Å². The Morgan fingerprint density at radius 1 is 1.23 bits per heavy atom. The second kappa shape index (κ2) is 11.6. The molecule has 8 nitrogen and oxygen atoms in total. The van der Waals surface area contributed by atoms with Crippen molar-refractivity contribution in [3.63, 3.8) is 0 Å². The molecule has 0 radical (unpaired) electrons. The summed E-state index contributed by atoms with van der Waals surface area (Å²) >= 11 is 5.99. The number of amides is 1. The Labute approximate surface area is 187 Å². The third-order valence-corrected chi connectivity index (χ3v) is 5.51. The van der Waals surface area contributed by atoms with Crippen LogP contribution >= 0.6 is 11.6 Å². The van der Waals surface area contributed by atoms with Gasteiger partial charge in [-0.25, -0.2) is 13.8 Å². The first-order valence-electron chi connectivity index (χ1n) is 9.60. The third kappa shape index (κ3) is 7.76. The first kappa shape index (κ1) is 24.5. The van der Waals surface area contributed by atoms with Crippen LogP contribution in [0.1, 0.15) is 25.3 Å². The number of nitrogens with zero attached hydrogens (tertiary/aromatic N) is 2. The van der Waals surface area contributed by atoms with E-state index in [1.807, 2.05) is 12.1 Å². The maximum atomic E-state index is 12.3. The van der Waals surface area contributed by atoms with Crippen LogP contribution in [-0.4, -0.2) is 47.1 Å². The molecule has 2 aromatic rings. The highest BCUT2D eigenvalue weighted by molar-refractivity contribution is 7.92. The number of carbonyl (C=O) groups is 1. The number of nitrogens with one attached hydrogen (secondary N) is 1. The lowest BCUT2D eigenvalue weighted by atomic mass is 10.2. The minimum atomic E-state index is -3.79. The van der Waals surface area contributed by atoms with Gasteiger partial charge in [0, 0.05) is 5.02 Å². The highest BCUT2D eigenvalue weighted by atomic mass is 35.5. The quantitative estimate of drug-likeness (QED) is 0.310. The van der Waals surface area contributed by atoms with Crippen LogP contribution in [-0.2, 0) is 14.8 Å². The van der Waals surface area contributed by atoms with Crippen molar-refractivity contribution in [3.8, 4) is 11.5 Å². The first-order valence-corrected chi connectivity index (χ1v) is 11.8. The Morgan fingerprint density at radius 3 is 2.55 bits per heavy atom. The van der Waals surface area contributed by atoms with Crippen molar-refractivity contribution in [2.24, 2.45) is 5.10 Å². The van der Waals surface area contributed by atoms with Crippen LogP contribution in [0.25, 0.3) is 0 Å². The highest BCUT2D eigenvalue weighted by Crippen LogP contribution is 2.32. The third-order valence-electron chi connectivity index (χ3n) is 4.15. The van der Waals surface area contributed by atoms with E-state index < -0.39 is 22.5 Å². The molecule has 1 amide bonds. The van der Waals surface area contributed by atoms with Crippen LogP contribution in [0.2, 0.25) is 5.02 Å². The molecule has 0 saturated carbocycles. The van der Waals surface area contributed by atoms with Crippen LogP contribution in [0, 0.1) is 0 Å². The molecule has 0 aliphatic rings. The molecule has 1 N–H and O–H groups in total. The average molecular weight is 468 g/mol. The summed E-state index contributed by atoms with van der Waals surface area (Å²) in [5.41, 5.74) is 3.24. The van der Waals surface area contributed by atoms with Gasteiger partial charge in [-0.3, -0.25) is 9.10 Å². The van der Waals surface area contributed by atoms with Crippen LogP contribution < -0.4 is 19.2 Å². The van der Waals surface area contributed by atoms with Gasteiger partial charge < -0.3 is 9.47 Å². The van der Waals surface area contributed by atoms with Crippen molar-refractivity contribution >= 4 is 39.4 Å². The van der Waals surface area contributed by atoms with E-state index in [9.17, 15) is 13.2 Å². The minimum absolute atomic E-state index is 0.162. The van der Waals surface area contributed by atoms with E-state index in [1.165, 1.54) is 25.5 Å². The number of anilines is 1. The van der Waals surface area contributed by atoms with Crippen molar-refractivity contribution in [2.45, 2.75) is 19.8 Å². The predicted octanol–water partition coefficient (Wildman–Crippen LogP) is 3.44. The summed E-state index contributed by atoms with van der Waals surface area (Å²) in [5, 5.41) is 4.20. The molecule has 2 rings (SSSR count). The van der Waals surface area contributed by atoms with Gasteiger partial charge in [-0.1, -0.05) is 24.9 Å². The second-order valence-corrected chi connectivity index (χ2v) is 8.99. The number of rotatable bonds is 11. The fourth-order valence-corrected chi connectivity index (χ4v) is 3.59. The molecule has 0 heterocycles. The smallest absolute Gasteiger partial charge is 0.260 e. The molecule has 0 atom stereocenters. The monoisotopic (exact) mass is 467 g/mol. The number of sulfonamides is 1. The molecule has 0 aromatic heterocycles. The molecule has 31 heavy (non-hydrogen) atoms. The topological polar surface area (TPSA) is 97.3 Å². The maximum Gasteiger partial charge on any atom is 0.260 e. The molecule has 10 heteroatoms. The van der Waals surface area contributed by atoms with E-state index in [-0.39, 0.29) is 11.4 Å². The van der Waals surface area contributed by atoms with Crippen LogP contribution in [0.4, 0.5) is 5.69 Å². The molecule has 0 aliphatic carbocycles. The van der Waals surface area contributed by atoms with Gasteiger partial charge in [-0.05, 0) is 54.4 Å². The van der Waals surface area contributed by atoms with E-state index in [4.69, 9.17) is 21.1 Å². The van der Waals surface area contributed by atoms with Crippen molar-refractivity contribution in [2.75, 3.05) is 30.8 Å². The van der Waals surface area contributed by atoms with E-state index in [0.29, 0.717) is 11.6 Å². The SMILES string of the molecule is CCCCOc1ccc(/C=N\NC(=O)CN(c2cc(Cl)ccc2OC)S(C)(=O)=O)cc1. The summed E-state index contributed by atoms with van der Waals surface area (Å²) in [7, 11) is -2.39. The number of benzene rings is 2. The normalized spacial score (nSPS) is 11.4. The molecule has 0 saturated heterocycles. The summed E-state index contributed by atoms with van der Waals surface area (Å²) < 4.78 is 36.2. The Bertz CT molecular complexity index is 1010. The molecular weight excluding hydrogens is 442 g/mol. The molecule has 0 spiro atoms. The number of methoxy groups -OCH3 is 1. The summed E-state index contributed by atoms with van der Waals surface area (Å²) in [6.45, 7) is 2.27. The van der Waals surface area contributed by atoms with Gasteiger partial charge in [-0.15, -0.1) is 0 Å². The lowest BCUT2D eigenvalue weighted by Gasteiger charge is -2.23. The molecular formula is C21H26ClN3O5S. The lowest BCUT2D eigenvalue weighted by molar-refractivity contribution is -0.119. The van der Waals surface area contributed by atoms with E-state index in [1.54, 1.807) is 18.2 Å². The highest BCUT2D eigenvalue weighted by Gasteiger charge is 2.24. The number of ether oxygens (including phenoxy) is 2. The Kier molecular flexibility index (Phi) is 9.14. The number of halogens is 1. The Morgan fingerprint density at radius 2 is 1.94 bits per heavy atom. The molecule has 168 valence electrons. The van der Waals surface area contributed by atoms with Gasteiger partial charge in [0.05, 0.1) is 31.9 Å². The fraction of sp³-hybridized carbons (Fsp3) is 0.333. The van der Waals surface area contributed by atoms with Crippen molar-refractivity contribution in [3.05, 3.63) is 53.1 Å². The molecule has 0 bridgehead atoms. The average Bonchev–Trinajstić information content (AvgIpc) is 2.72. The van der Waals surface area contributed by atoms with Gasteiger partial charge >= 0.3 is 0 Å². The van der Waals surface area contributed by atoms with Gasteiger partial charge in [0.2, 0.25) is 10.0 Å². The summed E-state index contributed by atoms with van der Waals surface area (Å²) in [4.78, 5) is 12.3. The summed E-state index contributed by atoms with van der Waals surface area (Å²) in [6, 6.07) is 11.7. The van der Waals surface area contributed by atoms with Gasteiger partial charge in [0.15, 0.2) is 0 Å². The molecule has 0 unspecified atom stereocenters. The van der Waals surface area contributed by atoms with Gasteiger partial charge in [-0.2, -0.15) is 5.10 Å². The summed E-state index contributed by atoms with van der Waals surface area (Å²) in [5.74, 6) is 0.407. The maximum absolute atomic E-state index is 12.3. The predicted molar refractivity (Wildman–Crippen MR) is 123 cm³/mol. The van der Waals surface area contributed by atoms with Gasteiger partial charge in [0.25, 0.3) is 5.91 Å². The largest absolute Gasteiger partial charge is 0.495 e. The Balaban J connectivity index is 2.03. The van der Waals surface area contributed by atoms with E-state index >= 15 is 0 Å². The summed E-state index contributed by atoms with van der Waals surface area (Å²) in [6.07, 6.45) is 4.50. The lowest BCUT2D eigenvalue weighted by Crippen LogP contribution is -2.39. The zero-order chi connectivity index (χ0) is 22.9. The molecule has 2 aromatic carbocycles. The van der Waals surface area contributed by atoms with E-state index in [2.05, 4.69) is 17.5 Å².